The average Bonchev–Trinajstić information content (AvgIpc) is 3.05. The number of benzene rings is 1. The van der Waals surface area contributed by atoms with Gasteiger partial charge in [0.05, 0.1) is 27.2 Å². The van der Waals surface area contributed by atoms with E-state index in [2.05, 4.69) is 4.99 Å². The van der Waals surface area contributed by atoms with Crippen molar-refractivity contribution in [1.29, 1.82) is 0 Å². The maximum Gasteiger partial charge on any atom is 0.337 e. The fraction of sp³-hybridized carbons (Fsp3) is 0.312. The number of hydrogen-bond acceptors (Lipinski definition) is 4. The number of carbonyl (C=O) groups excluding carboxylic acids is 2. The zero-order valence-electron chi connectivity index (χ0n) is 11.4. The molecule has 1 aromatic rings. The Morgan fingerprint density at radius 1 is 1.09 bits per heavy atom. The molecule has 22 heavy (non-hydrogen) atoms. The van der Waals surface area contributed by atoms with Crippen LogP contribution in [0.2, 0.25) is 10.0 Å². The molecule has 2 heterocycles. The molecule has 112 valence electrons. The lowest BCUT2D eigenvalue weighted by Crippen LogP contribution is -2.29. The van der Waals surface area contributed by atoms with Crippen LogP contribution in [0.4, 0.5) is 0 Å². The first kappa shape index (κ1) is 14.0. The van der Waals surface area contributed by atoms with Crippen LogP contribution in [-0.2, 0) is 14.3 Å². The number of carbonyl (C=O) groups is 2. The summed E-state index contributed by atoms with van der Waals surface area (Å²) in [5.74, 6) is -1.04. The van der Waals surface area contributed by atoms with E-state index < -0.39 is 5.97 Å². The van der Waals surface area contributed by atoms with Crippen molar-refractivity contribution in [3.05, 3.63) is 45.1 Å². The average molecular weight is 336 g/mol. The van der Waals surface area contributed by atoms with E-state index in [1.807, 2.05) is 6.07 Å². The summed E-state index contributed by atoms with van der Waals surface area (Å²) in [6.07, 6.45) is 1.11. The van der Waals surface area contributed by atoms with Gasteiger partial charge in [0.15, 0.2) is 0 Å². The van der Waals surface area contributed by atoms with Crippen LogP contribution in [0.3, 0.4) is 0 Å². The van der Waals surface area contributed by atoms with Gasteiger partial charge in [-0.25, -0.2) is 4.79 Å². The van der Waals surface area contributed by atoms with Gasteiger partial charge in [-0.3, -0.25) is 9.79 Å². The smallest absolute Gasteiger partial charge is 0.337 e. The number of halogens is 2. The van der Waals surface area contributed by atoms with Gasteiger partial charge in [0, 0.05) is 18.1 Å². The number of nitrogens with zero attached hydrogens (tertiary/aromatic N) is 1. The van der Waals surface area contributed by atoms with E-state index >= 15 is 0 Å². The van der Waals surface area contributed by atoms with Crippen molar-refractivity contribution in [2.75, 3.05) is 6.61 Å². The minimum absolute atomic E-state index is 0.112. The van der Waals surface area contributed by atoms with Gasteiger partial charge in [-0.1, -0.05) is 29.3 Å². The molecule has 0 bridgehead atoms. The molecule has 0 radical (unpaired) electrons. The van der Waals surface area contributed by atoms with Gasteiger partial charge in [0.25, 0.3) is 0 Å². The number of hydrogen-bond donors (Lipinski definition) is 0. The summed E-state index contributed by atoms with van der Waals surface area (Å²) in [7, 11) is 0. The minimum atomic E-state index is -0.395. The molecule has 1 aliphatic carbocycles. The molecular formula is C16H11Cl2NO3. The van der Waals surface area contributed by atoms with Crippen molar-refractivity contribution >= 4 is 40.7 Å². The normalized spacial score (nSPS) is 26.7. The Morgan fingerprint density at radius 2 is 1.91 bits per heavy atom. The van der Waals surface area contributed by atoms with Gasteiger partial charge in [-0.05, 0) is 24.1 Å². The zero-order valence-corrected chi connectivity index (χ0v) is 12.9. The summed E-state index contributed by atoms with van der Waals surface area (Å²) in [5.41, 5.74) is 2.77. The summed E-state index contributed by atoms with van der Waals surface area (Å²) in [4.78, 5) is 28.9. The molecule has 1 unspecified atom stereocenters. The molecule has 0 spiro atoms. The van der Waals surface area contributed by atoms with Crippen molar-refractivity contribution in [3.63, 3.8) is 0 Å². The summed E-state index contributed by atoms with van der Waals surface area (Å²) in [5, 5.41) is 0.846. The van der Waals surface area contributed by atoms with Crippen molar-refractivity contribution in [2.45, 2.75) is 18.8 Å². The first-order valence-electron chi connectivity index (χ1n) is 7.01. The molecule has 0 amide bonds. The number of aliphatic imine (C=N–C) groups is 1. The highest BCUT2D eigenvalue weighted by atomic mass is 35.5. The highest BCUT2D eigenvalue weighted by Gasteiger charge is 2.47. The van der Waals surface area contributed by atoms with Crippen molar-refractivity contribution < 1.29 is 14.3 Å². The Kier molecular flexibility index (Phi) is 3.13. The molecule has 0 N–H and O–H groups in total. The fourth-order valence-corrected chi connectivity index (χ4v) is 3.77. The number of esters is 1. The lowest BCUT2D eigenvalue weighted by molar-refractivity contribution is -0.136. The van der Waals surface area contributed by atoms with Gasteiger partial charge in [0.1, 0.15) is 12.4 Å². The van der Waals surface area contributed by atoms with E-state index in [1.165, 1.54) is 0 Å². The van der Waals surface area contributed by atoms with E-state index in [4.69, 9.17) is 27.9 Å². The van der Waals surface area contributed by atoms with Crippen LogP contribution in [0.25, 0.3) is 0 Å². The molecule has 1 aromatic carbocycles. The second kappa shape index (κ2) is 4.93. The first-order chi connectivity index (χ1) is 10.6. The molecule has 4 nitrogen and oxygen atoms in total. The van der Waals surface area contributed by atoms with E-state index in [0.717, 1.165) is 11.3 Å². The maximum atomic E-state index is 12.3. The largest absolute Gasteiger partial charge is 0.456 e. The van der Waals surface area contributed by atoms with Crippen molar-refractivity contribution in [3.8, 4) is 0 Å². The quantitative estimate of drug-likeness (QED) is 0.739. The van der Waals surface area contributed by atoms with Crippen LogP contribution in [-0.4, -0.2) is 24.1 Å². The minimum Gasteiger partial charge on any atom is -0.456 e. The highest BCUT2D eigenvalue weighted by molar-refractivity contribution is 6.42. The Balaban J connectivity index is 1.90. The molecule has 2 atom stereocenters. The number of ketones is 1. The monoisotopic (exact) mass is 335 g/mol. The van der Waals surface area contributed by atoms with Crippen LogP contribution in [0.1, 0.15) is 24.3 Å². The predicted octanol–water partition coefficient (Wildman–Crippen LogP) is 3.32. The predicted molar refractivity (Wildman–Crippen MR) is 82.4 cm³/mol. The van der Waals surface area contributed by atoms with Gasteiger partial charge in [-0.15, -0.1) is 0 Å². The Hall–Kier alpha value is -1.65. The first-order valence-corrected chi connectivity index (χ1v) is 7.77. The molecular weight excluding hydrogens is 325 g/mol. The van der Waals surface area contributed by atoms with Gasteiger partial charge in [-0.2, -0.15) is 0 Å². The van der Waals surface area contributed by atoms with Crippen LogP contribution < -0.4 is 0 Å². The third-order valence-corrected chi connectivity index (χ3v) is 5.17. The maximum absolute atomic E-state index is 12.3. The molecule has 4 rings (SSSR count). The van der Waals surface area contributed by atoms with Crippen LogP contribution in [0.5, 0.6) is 0 Å². The second-order valence-corrected chi connectivity index (χ2v) is 6.45. The molecule has 6 heteroatoms. The van der Waals surface area contributed by atoms with Crippen LogP contribution in [0.15, 0.2) is 34.5 Å². The molecule has 1 fully saturated rings. The molecule has 3 aliphatic rings. The van der Waals surface area contributed by atoms with Crippen LogP contribution in [0, 0.1) is 5.92 Å². The van der Waals surface area contributed by atoms with Crippen molar-refractivity contribution in [2.24, 2.45) is 10.9 Å². The van der Waals surface area contributed by atoms with Gasteiger partial charge < -0.3 is 4.74 Å². The van der Waals surface area contributed by atoms with E-state index in [9.17, 15) is 9.59 Å². The Labute approximate surface area is 136 Å². The number of fused-ring (bicyclic) bond motifs is 1. The zero-order chi connectivity index (χ0) is 15.4. The number of ether oxygens (including phenoxy) is 1. The molecule has 1 saturated carbocycles. The Bertz CT molecular complexity index is 782. The highest BCUT2D eigenvalue weighted by Crippen LogP contribution is 2.46. The molecule has 0 aromatic heterocycles. The molecule has 2 aliphatic heterocycles. The summed E-state index contributed by atoms with van der Waals surface area (Å²) in [6, 6.07) is 5.22. The number of rotatable bonds is 1. The SMILES string of the molecule is O=C1OCC2=C1[C@@H](c1ccc(Cl)c(Cl)c1)C1C(=O)CCC1=N2. The third kappa shape index (κ3) is 1.94. The number of Topliss-reactive ketones (excluding diaryl/α,β-unsaturated/α-hetero) is 1. The third-order valence-electron chi connectivity index (χ3n) is 4.43. The second-order valence-electron chi connectivity index (χ2n) is 5.63. The summed E-state index contributed by atoms with van der Waals surface area (Å²) < 4.78 is 5.12. The standard InChI is InChI=1S/C16H11Cl2NO3/c17-8-2-1-7(5-9(8)18)13-14-10(3-4-12(14)20)19-11-6-22-16(21)15(11)13/h1-2,5,13-14H,3-4,6H2/t13-,14?/m0/s1. The van der Waals surface area contributed by atoms with E-state index in [-0.39, 0.29) is 24.2 Å². The Morgan fingerprint density at radius 3 is 2.68 bits per heavy atom. The fourth-order valence-electron chi connectivity index (χ4n) is 3.46. The van der Waals surface area contributed by atoms with E-state index in [1.54, 1.807) is 12.1 Å². The topological polar surface area (TPSA) is 55.7 Å². The summed E-state index contributed by atoms with van der Waals surface area (Å²) >= 11 is 12.1. The summed E-state index contributed by atoms with van der Waals surface area (Å²) in [6.45, 7) is 0.177. The lowest BCUT2D eigenvalue weighted by Gasteiger charge is -2.27. The van der Waals surface area contributed by atoms with E-state index in [0.29, 0.717) is 34.2 Å². The van der Waals surface area contributed by atoms with Gasteiger partial charge in [0.2, 0.25) is 0 Å². The van der Waals surface area contributed by atoms with Crippen LogP contribution >= 0.6 is 23.2 Å². The molecule has 0 saturated heterocycles. The van der Waals surface area contributed by atoms with Crippen molar-refractivity contribution in [1.82, 2.24) is 0 Å². The number of cyclic esters (lactones) is 1. The lowest BCUT2D eigenvalue weighted by atomic mass is 9.76. The van der Waals surface area contributed by atoms with Gasteiger partial charge >= 0.3 is 5.97 Å².